The van der Waals surface area contributed by atoms with Crippen molar-refractivity contribution in [3.05, 3.63) is 64.7 Å². The molecule has 0 spiro atoms. The maximum Gasteiger partial charge on any atom is 0.258 e. The minimum Gasteiger partial charge on any atom is -0.484 e. The fourth-order valence-corrected chi connectivity index (χ4v) is 8.34. The first-order valence-corrected chi connectivity index (χ1v) is 14.7. The van der Waals surface area contributed by atoms with Crippen LogP contribution < -0.4 is 10.1 Å². The van der Waals surface area contributed by atoms with E-state index in [1.165, 1.54) is 37.7 Å². The van der Waals surface area contributed by atoms with E-state index in [-0.39, 0.29) is 18.6 Å². The Morgan fingerprint density at radius 2 is 1.68 bits per heavy atom. The zero-order valence-electron chi connectivity index (χ0n) is 22.1. The molecule has 5 heteroatoms. The molecule has 7 rings (SSSR count). The van der Waals surface area contributed by atoms with Crippen LogP contribution >= 0.6 is 11.6 Å². The normalized spacial score (nSPS) is 34.5. The van der Waals surface area contributed by atoms with Crippen molar-refractivity contribution in [3.63, 3.8) is 0 Å². The Labute approximate surface area is 226 Å². The van der Waals surface area contributed by atoms with Crippen molar-refractivity contribution >= 4 is 17.5 Å². The van der Waals surface area contributed by atoms with Crippen LogP contribution in [0.25, 0.3) is 0 Å². The number of carbonyl (C=O) groups excluding carboxylic acids is 1. The van der Waals surface area contributed by atoms with Crippen molar-refractivity contribution in [1.29, 1.82) is 0 Å². The zero-order valence-corrected chi connectivity index (χ0v) is 22.8. The third-order valence-electron chi connectivity index (χ3n) is 9.71. The lowest BCUT2D eigenvalue weighted by atomic mass is 9.54. The first-order chi connectivity index (χ1) is 17.9. The minimum atomic E-state index is 0.0147. The largest absolute Gasteiger partial charge is 0.484 e. The molecule has 2 aromatic carbocycles. The molecule has 4 bridgehead atoms. The van der Waals surface area contributed by atoms with Crippen molar-refractivity contribution < 1.29 is 14.3 Å². The van der Waals surface area contributed by atoms with Crippen LogP contribution in [0, 0.1) is 35.5 Å². The van der Waals surface area contributed by atoms with Gasteiger partial charge in [-0.05, 0) is 109 Å². The standard InChI is InChI=1S/C32H40ClNO3/c1-19(2)29-16-26(22-5-3-7-27(33)14-22)17-37-32(29)23-6-4-8-28(15-23)36-18-30(35)34-31-24-10-20-9-21(12-24)13-25(31)11-20/h3-8,14-15,19-21,24-26,29,31-32H,9-13,16-18H2,1-2H3,(H,34,35)/t20?,21?,24?,25?,26-,29-,31?,32-/m0/s1. The van der Waals surface area contributed by atoms with Crippen LogP contribution in [0.3, 0.4) is 0 Å². The molecule has 0 aromatic heterocycles. The summed E-state index contributed by atoms with van der Waals surface area (Å²) in [6.07, 6.45) is 7.71. The molecule has 2 aromatic rings. The average Bonchev–Trinajstić information content (AvgIpc) is 2.89. The van der Waals surface area contributed by atoms with Crippen LogP contribution in [0.1, 0.15) is 75.5 Å². The molecule has 3 atom stereocenters. The quantitative estimate of drug-likeness (QED) is 0.420. The lowest BCUT2D eigenvalue weighted by Crippen LogP contribution is -2.56. The molecule has 37 heavy (non-hydrogen) atoms. The average molecular weight is 522 g/mol. The monoisotopic (exact) mass is 521 g/mol. The SMILES string of the molecule is CC(C)[C@@H]1C[C@H](c2cccc(Cl)c2)CO[C@H]1c1cccc(OCC(=O)NC2C3CC4CC(C3)CC2C4)c1. The number of ether oxygens (including phenoxy) is 2. The van der Waals surface area contributed by atoms with Crippen molar-refractivity contribution in [2.24, 2.45) is 35.5 Å². The Bertz CT molecular complexity index is 1090. The Hall–Kier alpha value is -2.04. The second-order valence-corrected chi connectivity index (χ2v) is 13.0. The van der Waals surface area contributed by atoms with E-state index in [0.717, 1.165) is 34.6 Å². The van der Waals surface area contributed by atoms with Crippen molar-refractivity contribution in [1.82, 2.24) is 5.32 Å². The molecule has 5 aliphatic rings. The molecule has 5 fully saturated rings. The predicted molar refractivity (Wildman–Crippen MR) is 147 cm³/mol. The molecule has 1 N–H and O–H groups in total. The van der Waals surface area contributed by atoms with Crippen LogP contribution in [0.2, 0.25) is 5.02 Å². The summed E-state index contributed by atoms with van der Waals surface area (Å²) in [5, 5.41) is 4.13. The van der Waals surface area contributed by atoms with E-state index in [2.05, 4.69) is 43.4 Å². The summed E-state index contributed by atoms with van der Waals surface area (Å²) >= 11 is 6.26. The Morgan fingerprint density at radius 1 is 0.973 bits per heavy atom. The van der Waals surface area contributed by atoms with Gasteiger partial charge in [-0.1, -0.05) is 49.7 Å². The van der Waals surface area contributed by atoms with Crippen molar-refractivity contribution in [2.45, 2.75) is 70.4 Å². The first-order valence-electron chi connectivity index (χ1n) is 14.3. The maximum atomic E-state index is 12.9. The molecular formula is C32H40ClNO3. The fraction of sp³-hybridized carbons (Fsp3) is 0.594. The summed E-state index contributed by atoms with van der Waals surface area (Å²) < 4.78 is 12.5. The molecule has 0 unspecified atom stereocenters. The van der Waals surface area contributed by atoms with Gasteiger partial charge in [-0.15, -0.1) is 0 Å². The second-order valence-electron chi connectivity index (χ2n) is 12.5. The van der Waals surface area contributed by atoms with Crippen LogP contribution in [0.4, 0.5) is 0 Å². The molecule has 0 radical (unpaired) electrons. The number of amides is 1. The van der Waals surface area contributed by atoms with Gasteiger partial charge >= 0.3 is 0 Å². The number of nitrogens with one attached hydrogen (secondary N) is 1. The summed E-state index contributed by atoms with van der Waals surface area (Å²) in [4.78, 5) is 12.9. The summed E-state index contributed by atoms with van der Waals surface area (Å²) in [5.41, 5.74) is 2.38. The van der Waals surface area contributed by atoms with E-state index in [1.54, 1.807) is 0 Å². The van der Waals surface area contributed by atoms with Gasteiger partial charge in [-0.3, -0.25) is 4.79 Å². The second kappa shape index (κ2) is 10.6. The van der Waals surface area contributed by atoms with E-state index < -0.39 is 0 Å². The third-order valence-corrected chi connectivity index (χ3v) is 9.94. The molecule has 4 nitrogen and oxygen atoms in total. The molecule has 1 saturated heterocycles. The zero-order chi connectivity index (χ0) is 25.5. The molecule has 4 saturated carbocycles. The van der Waals surface area contributed by atoms with E-state index in [4.69, 9.17) is 21.1 Å². The highest BCUT2D eigenvalue weighted by Crippen LogP contribution is 2.53. The molecule has 4 aliphatic carbocycles. The predicted octanol–water partition coefficient (Wildman–Crippen LogP) is 7.18. The Kier molecular flexibility index (Phi) is 7.24. The minimum absolute atomic E-state index is 0.0147. The molecule has 1 amide bonds. The lowest BCUT2D eigenvalue weighted by Gasteiger charge is -2.54. The van der Waals surface area contributed by atoms with Gasteiger partial charge in [0, 0.05) is 17.0 Å². The van der Waals surface area contributed by atoms with Crippen molar-refractivity contribution in [3.8, 4) is 5.75 Å². The van der Waals surface area contributed by atoms with Gasteiger partial charge < -0.3 is 14.8 Å². The van der Waals surface area contributed by atoms with Gasteiger partial charge in [0.1, 0.15) is 5.75 Å². The van der Waals surface area contributed by atoms with E-state index in [1.807, 2.05) is 24.3 Å². The summed E-state index contributed by atoms with van der Waals surface area (Å²) in [6.45, 7) is 5.29. The number of rotatable bonds is 7. The smallest absolute Gasteiger partial charge is 0.258 e. The number of halogens is 1. The van der Waals surface area contributed by atoms with E-state index in [9.17, 15) is 4.79 Å². The van der Waals surface area contributed by atoms with Gasteiger partial charge in [0.25, 0.3) is 5.91 Å². The van der Waals surface area contributed by atoms with Gasteiger partial charge in [-0.25, -0.2) is 0 Å². The first kappa shape index (κ1) is 25.2. The van der Waals surface area contributed by atoms with E-state index in [0.29, 0.717) is 42.2 Å². The summed E-state index contributed by atoms with van der Waals surface area (Å²) in [7, 11) is 0. The number of hydrogen-bond acceptors (Lipinski definition) is 3. The Morgan fingerprint density at radius 3 is 2.38 bits per heavy atom. The Balaban J connectivity index is 1.07. The maximum absolute atomic E-state index is 12.9. The van der Waals surface area contributed by atoms with Gasteiger partial charge in [-0.2, -0.15) is 0 Å². The lowest BCUT2D eigenvalue weighted by molar-refractivity contribution is -0.127. The number of benzene rings is 2. The highest BCUT2D eigenvalue weighted by molar-refractivity contribution is 6.30. The van der Waals surface area contributed by atoms with Crippen LogP contribution in [-0.2, 0) is 9.53 Å². The third kappa shape index (κ3) is 5.43. The molecule has 1 aliphatic heterocycles. The topological polar surface area (TPSA) is 47.6 Å². The van der Waals surface area contributed by atoms with Gasteiger partial charge in [0.05, 0.1) is 12.7 Å². The summed E-state index contributed by atoms with van der Waals surface area (Å²) in [6, 6.07) is 16.7. The number of carbonyl (C=O) groups is 1. The van der Waals surface area contributed by atoms with Crippen LogP contribution in [0.5, 0.6) is 5.75 Å². The van der Waals surface area contributed by atoms with Gasteiger partial charge in [0.2, 0.25) is 0 Å². The van der Waals surface area contributed by atoms with Gasteiger partial charge in [0.15, 0.2) is 6.61 Å². The van der Waals surface area contributed by atoms with Crippen LogP contribution in [-0.4, -0.2) is 25.2 Å². The molecule has 198 valence electrons. The van der Waals surface area contributed by atoms with E-state index >= 15 is 0 Å². The molecule has 1 heterocycles. The molecular weight excluding hydrogens is 482 g/mol. The van der Waals surface area contributed by atoms with Crippen molar-refractivity contribution in [2.75, 3.05) is 13.2 Å². The highest BCUT2D eigenvalue weighted by Gasteiger charge is 2.48. The highest BCUT2D eigenvalue weighted by atomic mass is 35.5. The number of hydrogen-bond donors (Lipinski definition) is 1. The fourth-order valence-electron chi connectivity index (χ4n) is 8.14. The summed E-state index contributed by atoms with van der Waals surface area (Å²) in [5.74, 6) is 5.12. The van der Waals surface area contributed by atoms with Crippen LogP contribution in [0.15, 0.2) is 48.5 Å².